The fourth-order valence-corrected chi connectivity index (χ4v) is 2.55. The second-order valence-electron chi connectivity index (χ2n) is 5.44. The van der Waals surface area contributed by atoms with Crippen LogP contribution >= 0.6 is 0 Å². The van der Waals surface area contributed by atoms with Crippen LogP contribution in [0.4, 0.5) is 11.4 Å². The summed E-state index contributed by atoms with van der Waals surface area (Å²) in [4.78, 5) is 12.4. The number of benzene rings is 1. The van der Waals surface area contributed by atoms with E-state index in [4.69, 9.17) is 5.73 Å². The molecule has 0 aliphatic rings. The number of aromatic nitrogens is 2. The first-order chi connectivity index (χ1) is 9.93. The Balaban J connectivity index is 2.27. The summed E-state index contributed by atoms with van der Waals surface area (Å²) in [5.74, 6) is -0.277. The predicted molar refractivity (Wildman–Crippen MR) is 85.6 cm³/mol. The highest BCUT2D eigenvalue weighted by molar-refractivity contribution is 6.07. The third kappa shape index (κ3) is 3.07. The van der Waals surface area contributed by atoms with Crippen LogP contribution in [-0.4, -0.2) is 16.1 Å². The average Bonchev–Trinajstić information content (AvgIpc) is 2.76. The first-order valence-electron chi connectivity index (χ1n) is 7.16. The summed E-state index contributed by atoms with van der Waals surface area (Å²) in [7, 11) is 0. The van der Waals surface area contributed by atoms with Crippen LogP contribution in [0.2, 0.25) is 0 Å². The van der Waals surface area contributed by atoms with Gasteiger partial charge < -0.3 is 11.1 Å². The molecule has 0 aliphatic carbocycles. The van der Waals surface area contributed by atoms with E-state index in [2.05, 4.69) is 22.4 Å². The molecule has 1 aromatic carbocycles. The van der Waals surface area contributed by atoms with E-state index in [1.807, 2.05) is 32.9 Å². The van der Waals surface area contributed by atoms with Gasteiger partial charge in [-0.25, -0.2) is 0 Å². The minimum Gasteiger partial charge on any atom is -0.395 e. The zero-order valence-corrected chi connectivity index (χ0v) is 13.0. The highest BCUT2D eigenvalue weighted by Crippen LogP contribution is 2.24. The van der Waals surface area contributed by atoms with E-state index in [0.29, 0.717) is 5.69 Å². The molecule has 5 heteroatoms. The van der Waals surface area contributed by atoms with Crippen LogP contribution in [0.15, 0.2) is 12.1 Å². The predicted octanol–water partition coefficient (Wildman–Crippen LogP) is 3.12. The normalized spacial score (nSPS) is 10.7. The van der Waals surface area contributed by atoms with Crippen molar-refractivity contribution in [1.82, 2.24) is 10.2 Å². The molecule has 4 N–H and O–H groups in total. The molecule has 0 radical (unpaired) electrons. The lowest BCUT2D eigenvalue weighted by Gasteiger charge is -2.12. The Morgan fingerprint density at radius 1 is 1.29 bits per heavy atom. The Hall–Kier alpha value is -2.30. The molecule has 0 bridgehead atoms. The minimum absolute atomic E-state index is 0.262. The van der Waals surface area contributed by atoms with Gasteiger partial charge in [-0.2, -0.15) is 5.10 Å². The Morgan fingerprint density at radius 3 is 2.48 bits per heavy atom. The van der Waals surface area contributed by atoms with E-state index in [-0.39, 0.29) is 11.6 Å². The number of H-pyrrole nitrogens is 1. The van der Waals surface area contributed by atoms with E-state index in [1.165, 1.54) is 5.56 Å². The lowest BCUT2D eigenvalue weighted by atomic mass is 10.0. The summed E-state index contributed by atoms with van der Waals surface area (Å²) < 4.78 is 0. The molecule has 112 valence electrons. The van der Waals surface area contributed by atoms with Gasteiger partial charge in [0, 0.05) is 5.69 Å². The molecule has 1 aromatic heterocycles. The summed E-state index contributed by atoms with van der Waals surface area (Å²) in [5, 5.41) is 9.81. The Kier molecular flexibility index (Phi) is 4.31. The number of amides is 1. The van der Waals surface area contributed by atoms with Gasteiger partial charge in [0.05, 0.1) is 11.4 Å². The topological polar surface area (TPSA) is 83.8 Å². The zero-order chi connectivity index (χ0) is 15.6. The van der Waals surface area contributed by atoms with Crippen molar-refractivity contribution in [1.29, 1.82) is 0 Å². The molecular weight excluding hydrogens is 264 g/mol. The molecule has 2 rings (SSSR count). The maximum atomic E-state index is 12.4. The molecule has 0 saturated carbocycles. The molecule has 5 nitrogen and oxygen atoms in total. The van der Waals surface area contributed by atoms with Crippen LogP contribution in [0.5, 0.6) is 0 Å². The number of hydrogen-bond donors (Lipinski definition) is 3. The number of nitrogen functional groups attached to an aromatic ring is 1. The van der Waals surface area contributed by atoms with Crippen LogP contribution in [0.25, 0.3) is 0 Å². The monoisotopic (exact) mass is 286 g/mol. The van der Waals surface area contributed by atoms with Gasteiger partial charge in [0.25, 0.3) is 5.91 Å². The van der Waals surface area contributed by atoms with Crippen molar-refractivity contribution in [2.75, 3.05) is 11.1 Å². The second kappa shape index (κ2) is 5.99. The molecular formula is C16H22N4O. The number of anilines is 2. The van der Waals surface area contributed by atoms with Crippen LogP contribution in [0.1, 0.15) is 46.2 Å². The molecule has 21 heavy (non-hydrogen) atoms. The lowest BCUT2D eigenvalue weighted by Crippen LogP contribution is -2.16. The van der Waals surface area contributed by atoms with Gasteiger partial charge in [-0.15, -0.1) is 0 Å². The number of nitrogens with one attached hydrogen (secondary N) is 2. The van der Waals surface area contributed by atoms with Crippen LogP contribution in [0, 0.1) is 20.8 Å². The molecule has 0 spiro atoms. The van der Waals surface area contributed by atoms with E-state index in [9.17, 15) is 4.79 Å². The maximum absolute atomic E-state index is 12.4. The number of carbonyl (C=O) groups is 1. The lowest BCUT2D eigenvalue weighted by molar-refractivity contribution is 0.102. The van der Waals surface area contributed by atoms with Crippen molar-refractivity contribution in [3.05, 3.63) is 40.2 Å². The summed E-state index contributed by atoms with van der Waals surface area (Å²) >= 11 is 0. The van der Waals surface area contributed by atoms with Crippen LogP contribution in [-0.2, 0) is 6.42 Å². The van der Waals surface area contributed by atoms with Crippen molar-refractivity contribution >= 4 is 17.3 Å². The fraction of sp³-hybridized carbons (Fsp3) is 0.375. The molecule has 0 atom stereocenters. The summed E-state index contributed by atoms with van der Waals surface area (Å²) in [5.41, 5.74) is 11.6. The highest BCUT2D eigenvalue weighted by Gasteiger charge is 2.18. The van der Waals surface area contributed by atoms with Gasteiger partial charge in [0.2, 0.25) is 0 Å². The van der Waals surface area contributed by atoms with E-state index >= 15 is 0 Å². The SMILES string of the molecule is CCCc1[nH]nc(C(=O)Nc2c(C)cc(C)cc2C)c1N. The number of hydrogen-bond acceptors (Lipinski definition) is 3. The first-order valence-corrected chi connectivity index (χ1v) is 7.16. The van der Waals surface area contributed by atoms with Crippen molar-refractivity contribution in [2.24, 2.45) is 0 Å². The first kappa shape index (κ1) is 15.1. The smallest absolute Gasteiger partial charge is 0.278 e. The second-order valence-corrected chi connectivity index (χ2v) is 5.44. The molecule has 1 amide bonds. The Morgan fingerprint density at radius 2 is 1.90 bits per heavy atom. The van der Waals surface area contributed by atoms with Gasteiger partial charge >= 0.3 is 0 Å². The number of nitrogens with two attached hydrogens (primary N) is 1. The van der Waals surface area contributed by atoms with Crippen molar-refractivity contribution in [3.8, 4) is 0 Å². The minimum atomic E-state index is -0.277. The number of nitrogens with zero attached hydrogens (tertiary/aromatic N) is 1. The Bertz CT molecular complexity index is 650. The zero-order valence-electron chi connectivity index (χ0n) is 13.0. The third-order valence-electron chi connectivity index (χ3n) is 3.51. The number of carbonyl (C=O) groups excluding carboxylic acids is 1. The summed E-state index contributed by atoms with van der Waals surface area (Å²) in [6, 6.07) is 4.08. The van der Waals surface area contributed by atoms with Crippen molar-refractivity contribution < 1.29 is 4.79 Å². The molecule has 2 aromatic rings. The van der Waals surface area contributed by atoms with Crippen molar-refractivity contribution in [2.45, 2.75) is 40.5 Å². The molecule has 0 saturated heterocycles. The largest absolute Gasteiger partial charge is 0.395 e. The van der Waals surface area contributed by atoms with Gasteiger partial charge in [-0.1, -0.05) is 31.0 Å². The van der Waals surface area contributed by atoms with E-state index in [0.717, 1.165) is 35.3 Å². The van der Waals surface area contributed by atoms with Crippen LogP contribution in [0.3, 0.4) is 0 Å². The summed E-state index contributed by atoms with van der Waals surface area (Å²) in [6.45, 7) is 8.05. The third-order valence-corrected chi connectivity index (χ3v) is 3.51. The molecule has 0 fully saturated rings. The quantitative estimate of drug-likeness (QED) is 0.807. The summed E-state index contributed by atoms with van der Waals surface area (Å²) in [6.07, 6.45) is 1.73. The van der Waals surface area contributed by atoms with Gasteiger partial charge in [0.1, 0.15) is 0 Å². The van der Waals surface area contributed by atoms with E-state index < -0.39 is 0 Å². The standard InChI is InChI=1S/C16H22N4O/c1-5-6-12-13(17)15(20-19-12)16(21)18-14-10(3)7-9(2)8-11(14)4/h7-8H,5-6,17H2,1-4H3,(H,18,21)(H,19,20). The Labute approximate surface area is 124 Å². The number of aryl methyl sites for hydroxylation is 4. The average molecular weight is 286 g/mol. The molecule has 1 heterocycles. The highest BCUT2D eigenvalue weighted by atomic mass is 16.2. The van der Waals surface area contributed by atoms with Gasteiger partial charge in [-0.3, -0.25) is 9.89 Å². The maximum Gasteiger partial charge on any atom is 0.278 e. The number of aromatic amines is 1. The van der Waals surface area contributed by atoms with Crippen molar-refractivity contribution in [3.63, 3.8) is 0 Å². The molecule has 0 unspecified atom stereocenters. The fourth-order valence-electron chi connectivity index (χ4n) is 2.55. The molecule has 0 aliphatic heterocycles. The van der Waals surface area contributed by atoms with E-state index in [1.54, 1.807) is 0 Å². The van der Waals surface area contributed by atoms with Crippen LogP contribution < -0.4 is 11.1 Å². The van der Waals surface area contributed by atoms with Gasteiger partial charge in [-0.05, 0) is 38.3 Å². The van der Waals surface area contributed by atoms with Gasteiger partial charge in [0.15, 0.2) is 5.69 Å². The number of rotatable bonds is 4.